The number of thioether (sulfide) groups is 1. The second-order valence-electron chi connectivity index (χ2n) is 7.88. The molecule has 0 saturated heterocycles. The SMILES string of the molecule is Cc1ccc(-n2c(SCc3nnc(Cc4ccccc4)o3)nc3ccccc3c2=O)c(C)c1. The quantitative estimate of drug-likeness (QED) is 0.257. The van der Waals surface area contributed by atoms with E-state index in [2.05, 4.69) is 16.3 Å². The Hall–Kier alpha value is -3.71. The third-order valence-corrected chi connectivity index (χ3v) is 6.29. The first kappa shape index (κ1) is 21.2. The summed E-state index contributed by atoms with van der Waals surface area (Å²) in [5.74, 6) is 1.48. The molecule has 0 fully saturated rings. The summed E-state index contributed by atoms with van der Waals surface area (Å²) in [6.45, 7) is 4.04. The van der Waals surface area contributed by atoms with Gasteiger partial charge in [-0.3, -0.25) is 9.36 Å². The Morgan fingerprint density at radius 2 is 1.67 bits per heavy atom. The van der Waals surface area contributed by atoms with Crippen LogP contribution < -0.4 is 5.56 Å². The van der Waals surface area contributed by atoms with Crippen molar-refractivity contribution in [1.82, 2.24) is 19.7 Å². The molecule has 2 heterocycles. The van der Waals surface area contributed by atoms with Crippen molar-refractivity contribution in [1.29, 1.82) is 0 Å². The average Bonchev–Trinajstić information content (AvgIpc) is 3.26. The maximum Gasteiger partial charge on any atom is 0.266 e. The van der Waals surface area contributed by atoms with Crippen LogP contribution in [0.25, 0.3) is 16.6 Å². The zero-order valence-corrected chi connectivity index (χ0v) is 19.2. The van der Waals surface area contributed by atoms with Crippen LogP contribution in [0.15, 0.2) is 87.2 Å². The molecule has 5 aromatic rings. The molecule has 7 heteroatoms. The maximum atomic E-state index is 13.5. The van der Waals surface area contributed by atoms with E-state index >= 15 is 0 Å². The number of nitrogens with zero attached hydrogens (tertiary/aromatic N) is 4. The van der Waals surface area contributed by atoms with Gasteiger partial charge in [0.1, 0.15) is 0 Å². The fraction of sp³-hybridized carbons (Fsp3) is 0.154. The molecule has 0 spiro atoms. The van der Waals surface area contributed by atoms with Gasteiger partial charge in [-0.2, -0.15) is 0 Å². The normalized spacial score (nSPS) is 11.2. The highest BCUT2D eigenvalue weighted by atomic mass is 32.2. The first-order valence-corrected chi connectivity index (χ1v) is 11.6. The lowest BCUT2D eigenvalue weighted by Gasteiger charge is -2.15. The molecule has 0 aliphatic carbocycles. The Morgan fingerprint density at radius 1 is 0.909 bits per heavy atom. The van der Waals surface area contributed by atoms with Gasteiger partial charge in [0.05, 0.1) is 28.8 Å². The molecule has 164 valence electrons. The topological polar surface area (TPSA) is 73.8 Å². The van der Waals surface area contributed by atoms with Crippen LogP contribution in [-0.4, -0.2) is 19.7 Å². The first-order chi connectivity index (χ1) is 16.1. The molecular formula is C26H22N4O2S. The van der Waals surface area contributed by atoms with E-state index in [1.54, 1.807) is 4.57 Å². The summed E-state index contributed by atoms with van der Waals surface area (Å²) in [7, 11) is 0. The Balaban J connectivity index is 1.48. The van der Waals surface area contributed by atoms with Crippen molar-refractivity contribution in [2.24, 2.45) is 0 Å². The summed E-state index contributed by atoms with van der Waals surface area (Å²) in [4.78, 5) is 18.3. The van der Waals surface area contributed by atoms with Crippen LogP contribution in [0.5, 0.6) is 0 Å². The number of benzene rings is 3. The molecule has 0 N–H and O–H groups in total. The molecule has 0 aliphatic heterocycles. The largest absolute Gasteiger partial charge is 0.424 e. The second-order valence-corrected chi connectivity index (χ2v) is 8.83. The summed E-state index contributed by atoms with van der Waals surface area (Å²) in [5, 5.41) is 9.55. The lowest BCUT2D eigenvalue weighted by molar-refractivity contribution is 0.474. The number of hydrogen-bond acceptors (Lipinski definition) is 6. The minimum atomic E-state index is -0.0923. The van der Waals surface area contributed by atoms with E-state index in [9.17, 15) is 4.79 Å². The van der Waals surface area contributed by atoms with Crippen molar-refractivity contribution in [3.8, 4) is 5.69 Å². The van der Waals surface area contributed by atoms with E-state index in [-0.39, 0.29) is 5.56 Å². The predicted molar refractivity (Wildman–Crippen MR) is 130 cm³/mol. The van der Waals surface area contributed by atoms with Crippen molar-refractivity contribution in [3.05, 3.63) is 112 Å². The van der Waals surface area contributed by atoms with E-state index in [4.69, 9.17) is 9.40 Å². The number of aryl methyl sites for hydroxylation is 2. The number of fused-ring (bicyclic) bond motifs is 1. The molecule has 0 amide bonds. The van der Waals surface area contributed by atoms with Gasteiger partial charge in [-0.05, 0) is 43.2 Å². The van der Waals surface area contributed by atoms with Crippen LogP contribution in [0.4, 0.5) is 0 Å². The molecule has 0 saturated carbocycles. The Labute approximate surface area is 195 Å². The van der Waals surface area contributed by atoms with E-state index in [1.165, 1.54) is 11.8 Å². The maximum absolute atomic E-state index is 13.5. The lowest BCUT2D eigenvalue weighted by Crippen LogP contribution is -2.22. The van der Waals surface area contributed by atoms with Gasteiger partial charge in [0.15, 0.2) is 5.16 Å². The van der Waals surface area contributed by atoms with Gasteiger partial charge in [0, 0.05) is 0 Å². The summed E-state index contributed by atoms with van der Waals surface area (Å²) < 4.78 is 7.54. The van der Waals surface area contributed by atoms with Gasteiger partial charge in [0.25, 0.3) is 5.56 Å². The molecule has 2 aromatic heterocycles. The molecule has 0 atom stereocenters. The highest BCUT2D eigenvalue weighted by Gasteiger charge is 2.16. The summed E-state index contributed by atoms with van der Waals surface area (Å²) in [6, 6.07) is 23.5. The van der Waals surface area contributed by atoms with Crippen molar-refractivity contribution >= 4 is 22.7 Å². The minimum absolute atomic E-state index is 0.0923. The van der Waals surface area contributed by atoms with Gasteiger partial charge in [-0.25, -0.2) is 4.98 Å². The van der Waals surface area contributed by atoms with Gasteiger partial charge in [-0.1, -0.05) is 71.9 Å². The first-order valence-electron chi connectivity index (χ1n) is 10.7. The van der Waals surface area contributed by atoms with Crippen molar-refractivity contribution in [2.45, 2.75) is 31.2 Å². The smallest absolute Gasteiger partial charge is 0.266 e. The fourth-order valence-electron chi connectivity index (χ4n) is 3.79. The standard InChI is InChI=1S/C26H22N4O2S/c1-17-12-13-22(18(2)14-17)30-25(31)20-10-6-7-11-21(20)27-26(30)33-16-24-29-28-23(32-24)15-19-8-4-3-5-9-19/h3-14H,15-16H2,1-2H3. The van der Waals surface area contributed by atoms with Gasteiger partial charge < -0.3 is 4.42 Å². The van der Waals surface area contributed by atoms with Crippen LogP contribution in [0.2, 0.25) is 0 Å². The molecule has 0 aliphatic rings. The van der Waals surface area contributed by atoms with Crippen molar-refractivity contribution in [2.75, 3.05) is 0 Å². The average molecular weight is 455 g/mol. The number of para-hydroxylation sites is 1. The molecule has 5 rings (SSSR count). The van der Waals surface area contributed by atoms with E-state index < -0.39 is 0 Å². The summed E-state index contributed by atoms with van der Waals surface area (Å²) in [5.41, 5.74) is 4.66. The van der Waals surface area contributed by atoms with E-state index in [0.717, 1.165) is 22.4 Å². The Kier molecular flexibility index (Phi) is 5.79. The fourth-order valence-corrected chi connectivity index (χ4v) is 4.64. The predicted octanol–water partition coefficient (Wildman–Crippen LogP) is 5.27. The third kappa shape index (κ3) is 4.45. The molecule has 0 radical (unpaired) electrons. The monoisotopic (exact) mass is 454 g/mol. The highest BCUT2D eigenvalue weighted by molar-refractivity contribution is 7.98. The zero-order chi connectivity index (χ0) is 22.8. The number of rotatable bonds is 6. The Bertz CT molecular complexity index is 1490. The minimum Gasteiger partial charge on any atom is -0.424 e. The summed E-state index contributed by atoms with van der Waals surface area (Å²) >= 11 is 1.41. The molecule has 33 heavy (non-hydrogen) atoms. The Morgan fingerprint density at radius 3 is 2.48 bits per heavy atom. The molecular weight excluding hydrogens is 432 g/mol. The summed E-state index contributed by atoms with van der Waals surface area (Å²) in [6.07, 6.45) is 0.583. The van der Waals surface area contributed by atoms with Crippen LogP contribution in [0, 0.1) is 13.8 Å². The number of hydrogen-bond donors (Lipinski definition) is 0. The van der Waals surface area contributed by atoms with Crippen LogP contribution in [0.3, 0.4) is 0 Å². The second kappa shape index (κ2) is 9.03. The van der Waals surface area contributed by atoms with Crippen LogP contribution in [0.1, 0.15) is 28.5 Å². The van der Waals surface area contributed by atoms with Crippen LogP contribution >= 0.6 is 11.8 Å². The number of aromatic nitrogens is 4. The highest BCUT2D eigenvalue weighted by Crippen LogP contribution is 2.26. The van der Waals surface area contributed by atoms with E-state index in [0.29, 0.717) is 40.0 Å². The van der Waals surface area contributed by atoms with Crippen molar-refractivity contribution < 1.29 is 4.42 Å². The molecule has 3 aromatic carbocycles. The van der Waals surface area contributed by atoms with Gasteiger partial charge in [0.2, 0.25) is 11.8 Å². The molecule has 0 unspecified atom stereocenters. The lowest BCUT2D eigenvalue weighted by atomic mass is 10.1. The van der Waals surface area contributed by atoms with Gasteiger partial charge in [-0.15, -0.1) is 10.2 Å². The van der Waals surface area contributed by atoms with Crippen molar-refractivity contribution in [3.63, 3.8) is 0 Å². The third-order valence-electron chi connectivity index (χ3n) is 5.37. The zero-order valence-electron chi connectivity index (χ0n) is 18.4. The molecule has 6 nitrogen and oxygen atoms in total. The van der Waals surface area contributed by atoms with E-state index in [1.807, 2.05) is 80.6 Å². The van der Waals surface area contributed by atoms with Gasteiger partial charge >= 0.3 is 0 Å². The molecule has 0 bridgehead atoms. The van der Waals surface area contributed by atoms with Crippen LogP contribution in [-0.2, 0) is 12.2 Å².